The maximum Gasteiger partial charge on any atom is 0.416 e. The molecule has 2 amide bonds. The molecule has 5 nitrogen and oxygen atoms in total. The van der Waals surface area contributed by atoms with Crippen LogP contribution in [0, 0.1) is 0 Å². The van der Waals surface area contributed by atoms with E-state index in [-0.39, 0.29) is 15.5 Å². The van der Waals surface area contributed by atoms with Crippen molar-refractivity contribution in [2.24, 2.45) is 0 Å². The molecule has 0 radical (unpaired) electrons. The number of hydrogen-bond donors (Lipinski definition) is 1. The minimum Gasteiger partial charge on any atom is -0.373 e. The second kappa shape index (κ2) is 8.53. The molecule has 1 aromatic rings. The zero-order chi connectivity index (χ0) is 20.4. The van der Waals surface area contributed by atoms with Gasteiger partial charge in [0.25, 0.3) is 11.1 Å². The SMILES string of the molecule is CN(C)CCCN(C)c1c(Cl)cc(C(F)(F)F)cc1/C=C1\SC(=O)NC1=O. The van der Waals surface area contributed by atoms with Gasteiger partial charge in [0.05, 0.1) is 21.2 Å². The van der Waals surface area contributed by atoms with E-state index < -0.39 is 22.9 Å². The first kappa shape index (κ1) is 21.6. The highest BCUT2D eigenvalue weighted by Gasteiger charge is 2.33. The fourth-order valence-electron chi connectivity index (χ4n) is 2.59. The lowest BCUT2D eigenvalue weighted by atomic mass is 10.1. The maximum absolute atomic E-state index is 13.2. The Bertz CT molecular complexity index is 781. The number of alkyl halides is 3. The molecule has 0 aliphatic carbocycles. The number of benzene rings is 1. The average molecular weight is 422 g/mol. The smallest absolute Gasteiger partial charge is 0.373 e. The van der Waals surface area contributed by atoms with Crippen LogP contribution in [0.1, 0.15) is 17.5 Å². The number of anilines is 1. The van der Waals surface area contributed by atoms with E-state index in [1.807, 2.05) is 19.0 Å². The summed E-state index contributed by atoms with van der Waals surface area (Å²) in [7, 11) is 5.57. The summed E-state index contributed by atoms with van der Waals surface area (Å²) in [6.07, 6.45) is -2.55. The van der Waals surface area contributed by atoms with Crippen molar-refractivity contribution >= 4 is 46.3 Å². The van der Waals surface area contributed by atoms with E-state index >= 15 is 0 Å². The van der Waals surface area contributed by atoms with Crippen LogP contribution < -0.4 is 10.2 Å². The molecular weight excluding hydrogens is 403 g/mol. The van der Waals surface area contributed by atoms with Gasteiger partial charge in [-0.2, -0.15) is 13.2 Å². The molecule has 1 N–H and O–H groups in total. The Labute approximate surface area is 164 Å². The predicted molar refractivity (Wildman–Crippen MR) is 102 cm³/mol. The van der Waals surface area contributed by atoms with Gasteiger partial charge in [0.2, 0.25) is 0 Å². The molecule has 1 saturated heterocycles. The van der Waals surface area contributed by atoms with E-state index in [1.54, 1.807) is 11.9 Å². The third-order valence-electron chi connectivity index (χ3n) is 3.83. The molecule has 0 aromatic heterocycles. The topological polar surface area (TPSA) is 52.6 Å². The number of rotatable bonds is 6. The summed E-state index contributed by atoms with van der Waals surface area (Å²) in [5.41, 5.74) is -0.405. The van der Waals surface area contributed by atoms with E-state index in [0.29, 0.717) is 24.0 Å². The molecule has 27 heavy (non-hydrogen) atoms. The summed E-state index contributed by atoms with van der Waals surface area (Å²) in [6, 6.07) is 1.81. The highest BCUT2D eigenvalue weighted by molar-refractivity contribution is 8.18. The van der Waals surface area contributed by atoms with Gasteiger partial charge >= 0.3 is 6.18 Å². The van der Waals surface area contributed by atoms with Crippen LogP contribution in [0.5, 0.6) is 0 Å². The third kappa shape index (κ3) is 5.63. The largest absolute Gasteiger partial charge is 0.416 e. The van der Waals surface area contributed by atoms with Gasteiger partial charge in [-0.1, -0.05) is 11.6 Å². The zero-order valence-electron chi connectivity index (χ0n) is 15.0. The van der Waals surface area contributed by atoms with Crippen LogP contribution in [0.4, 0.5) is 23.7 Å². The first-order valence-electron chi connectivity index (χ1n) is 8.00. The van der Waals surface area contributed by atoms with Gasteiger partial charge < -0.3 is 9.80 Å². The second-order valence-corrected chi connectivity index (χ2v) is 7.75. The van der Waals surface area contributed by atoms with E-state index in [2.05, 4.69) is 5.32 Å². The van der Waals surface area contributed by atoms with Crippen molar-refractivity contribution in [1.82, 2.24) is 10.2 Å². The second-order valence-electron chi connectivity index (χ2n) is 6.32. The van der Waals surface area contributed by atoms with Gasteiger partial charge in [0, 0.05) is 19.2 Å². The molecule has 10 heteroatoms. The molecule has 0 unspecified atom stereocenters. The Balaban J connectivity index is 2.46. The van der Waals surface area contributed by atoms with Crippen LogP contribution in [-0.2, 0) is 11.0 Å². The zero-order valence-corrected chi connectivity index (χ0v) is 16.6. The van der Waals surface area contributed by atoms with Crippen LogP contribution >= 0.6 is 23.4 Å². The summed E-state index contributed by atoms with van der Waals surface area (Å²) in [4.78, 5) is 26.9. The number of hydrogen-bond acceptors (Lipinski definition) is 5. The van der Waals surface area contributed by atoms with E-state index in [1.165, 1.54) is 6.08 Å². The molecule has 0 spiro atoms. The highest BCUT2D eigenvalue weighted by atomic mass is 35.5. The van der Waals surface area contributed by atoms with Crippen molar-refractivity contribution in [1.29, 1.82) is 0 Å². The summed E-state index contributed by atoms with van der Waals surface area (Å²) in [5.74, 6) is -0.639. The van der Waals surface area contributed by atoms with Gasteiger partial charge in [-0.3, -0.25) is 14.9 Å². The Hall–Kier alpha value is -1.71. The van der Waals surface area contributed by atoms with Crippen molar-refractivity contribution in [2.45, 2.75) is 12.6 Å². The van der Waals surface area contributed by atoms with Crippen molar-refractivity contribution in [3.8, 4) is 0 Å². The predicted octanol–water partition coefficient (Wildman–Crippen LogP) is 4.07. The average Bonchev–Trinajstić information content (AvgIpc) is 2.83. The minimum atomic E-state index is -4.58. The standard InChI is InChI=1S/C17H19ClF3N3O2S/c1-23(2)5-4-6-24(3)14-10(8-13-15(25)22-16(26)27-13)7-11(9-12(14)18)17(19,20)21/h7-9H,4-6H2,1-3H3,(H,22,25,26)/b13-8-. The molecule has 1 aliphatic heterocycles. The molecule has 1 aliphatic rings. The van der Waals surface area contributed by atoms with Crippen molar-refractivity contribution in [2.75, 3.05) is 39.1 Å². The summed E-state index contributed by atoms with van der Waals surface area (Å²) in [5, 5.41) is 1.45. The lowest BCUT2D eigenvalue weighted by Crippen LogP contribution is -2.24. The van der Waals surface area contributed by atoms with Crippen molar-refractivity contribution in [3.63, 3.8) is 0 Å². The molecule has 1 fully saturated rings. The van der Waals surface area contributed by atoms with Gasteiger partial charge in [0.15, 0.2) is 0 Å². The number of amides is 2. The van der Waals surface area contributed by atoms with Gasteiger partial charge in [-0.05, 0) is 57.0 Å². The summed E-state index contributed by atoms with van der Waals surface area (Å²) in [6.45, 7) is 1.35. The number of carbonyl (C=O) groups excluding carboxylic acids is 2. The van der Waals surface area contributed by atoms with Crippen LogP contribution in [0.2, 0.25) is 5.02 Å². The van der Waals surface area contributed by atoms with Crippen LogP contribution in [0.3, 0.4) is 0 Å². The van der Waals surface area contributed by atoms with Crippen LogP contribution in [0.15, 0.2) is 17.0 Å². The fourth-order valence-corrected chi connectivity index (χ4v) is 3.64. The third-order valence-corrected chi connectivity index (χ3v) is 4.93. The fraction of sp³-hybridized carbons (Fsp3) is 0.412. The van der Waals surface area contributed by atoms with E-state index in [9.17, 15) is 22.8 Å². The number of thioether (sulfide) groups is 1. The van der Waals surface area contributed by atoms with Crippen LogP contribution in [0.25, 0.3) is 6.08 Å². The number of imide groups is 1. The highest BCUT2D eigenvalue weighted by Crippen LogP contribution is 2.39. The quantitative estimate of drug-likeness (QED) is 0.702. The maximum atomic E-state index is 13.2. The Kier molecular flexibility index (Phi) is 6.82. The lowest BCUT2D eigenvalue weighted by Gasteiger charge is -2.25. The Morgan fingerprint density at radius 1 is 1.19 bits per heavy atom. The Morgan fingerprint density at radius 2 is 1.85 bits per heavy atom. The molecule has 0 atom stereocenters. The number of nitrogens with zero attached hydrogens (tertiary/aromatic N) is 2. The first-order chi connectivity index (χ1) is 12.5. The molecular formula is C17H19ClF3N3O2S. The molecule has 0 bridgehead atoms. The van der Waals surface area contributed by atoms with E-state index in [4.69, 9.17) is 11.6 Å². The number of halogens is 4. The normalized spacial score (nSPS) is 16.4. The van der Waals surface area contributed by atoms with Crippen molar-refractivity contribution in [3.05, 3.63) is 33.2 Å². The van der Waals surface area contributed by atoms with Gasteiger partial charge in [-0.25, -0.2) is 0 Å². The lowest BCUT2D eigenvalue weighted by molar-refractivity contribution is -0.137. The first-order valence-corrected chi connectivity index (χ1v) is 9.20. The molecule has 0 saturated carbocycles. The number of nitrogens with one attached hydrogen (secondary N) is 1. The molecule has 148 valence electrons. The monoisotopic (exact) mass is 421 g/mol. The summed E-state index contributed by atoms with van der Waals surface area (Å²) >= 11 is 6.81. The van der Waals surface area contributed by atoms with Crippen LogP contribution in [-0.4, -0.2) is 50.3 Å². The van der Waals surface area contributed by atoms with Gasteiger partial charge in [0.1, 0.15) is 0 Å². The molecule has 1 heterocycles. The van der Waals surface area contributed by atoms with Gasteiger partial charge in [-0.15, -0.1) is 0 Å². The Morgan fingerprint density at radius 3 is 2.37 bits per heavy atom. The minimum absolute atomic E-state index is 0.0262. The summed E-state index contributed by atoms with van der Waals surface area (Å²) < 4.78 is 39.6. The molecule has 2 rings (SSSR count). The number of carbonyl (C=O) groups is 2. The van der Waals surface area contributed by atoms with Crippen molar-refractivity contribution < 1.29 is 22.8 Å². The van der Waals surface area contributed by atoms with E-state index in [0.717, 1.165) is 25.1 Å². The molecule has 1 aromatic carbocycles.